The predicted octanol–water partition coefficient (Wildman–Crippen LogP) is 34.2. The number of carbonyl (C=O) groups is 5. The number of hydrogen-bond acceptors (Lipinski definition) is 24. The monoisotopic (exact) mass is 2440 g/mol. The standard InChI is InChI=1S/C32H42Cl2N4O3SSi.C18H14Cl2N4S.C16H16Cl2N2O3S.C16H25IN2Si.C11H8Cl2N2OS.C7H8ClN.C4HCl2NOS/c1-19(2)43(20(3)4,21(5)6)38-18-25(24-11-10-16-35-29(24)38)26(39)27-28(34)36-30(42-27)37(31(40)41-32(7,8)9)17-22-12-14-23(33)15-13-22;19-13-5-3-11(4-6-13)9-23-18-24-16(20)15(25-18)8-12-10-22-17-14(12)2-1-7-21-17;1-16(2,3)23-15(22)20(8-10-4-6-11(17)7-5-10)14-19-13(18)12(9-21)24-14;1-11(2)20(12(3)4,13(5)6)19-10-15(17)14-8-7-9-18-16(14)19;12-8-3-1-7(2-4-8)5-14-11-15-10(13)9(6-16)17-11;8-7-3-1-6(5-9)2-4-7;5-3-2(1-8)9-4(6)7-3/h10-16,18-21,26,39H,17H2,1-9H3;1-7,10H,8-9H2,(H,21,22)(H,23,24);4-7,9H,8H2,1-3H3;7-13H,1-6H3;1-4,6H,5H2,(H,14,15);1-4H,5,9H2;1H. The van der Waals surface area contributed by atoms with Crippen LogP contribution in [0.15, 0.2) is 195 Å². The highest BCUT2D eigenvalue weighted by Gasteiger charge is 2.48. The zero-order valence-corrected chi connectivity index (χ0v) is 100. The number of rotatable bonds is 28. The van der Waals surface area contributed by atoms with Crippen LogP contribution in [0, 0.1) is 3.57 Å². The van der Waals surface area contributed by atoms with E-state index in [0.717, 1.165) is 110 Å². The molecule has 1 atom stereocenters. The summed E-state index contributed by atoms with van der Waals surface area (Å²) in [7, 11) is -3.88. The number of thiazole rings is 5. The van der Waals surface area contributed by atoms with Crippen LogP contribution in [0.4, 0.5) is 30.1 Å². The van der Waals surface area contributed by atoms with E-state index in [1.165, 1.54) is 47.1 Å². The molecule has 0 saturated carbocycles. The van der Waals surface area contributed by atoms with Crippen molar-refractivity contribution in [3.63, 3.8) is 0 Å². The third-order valence-electron chi connectivity index (χ3n) is 23.3. The SMILES string of the molecule is CC(C)(C)OC(=O)N(Cc1ccc(Cl)cc1)c1nc(Cl)c(C=O)s1.CC(C)[Si](C(C)C)(C(C)C)n1cc(C(O)c2sc(N(Cc3ccc(Cl)cc3)C(=O)OC(C)(C)C)nc2Cl)c2cccnc21.CC(C)[Si](C(C)C)(C(C)C)n1cc(I)c2cccnc21.Clc1ccc(CNc2nc(Cl)c(Cc3c[nH]c4ncccc34)s2)cc1.NCc1ccc(Cl)cc1.O=Cc1sc(Cl)nc1Cl.O=Cc1sc(NCc2ccc(Cl)cc2)nc1Cl. The van der Waals surface area contributed by atoms with E-state index < -0.39 is 46.0 Å². The lowest BCUT2D eigenvalue weighted by Crippen LogP contribution is -2.51. The van der Waals surface area contributed by atoms with Gasteiger partial charge in [0.25, 0.3) is 0 Å². The molecule has 2 amide bonds. The Morgan fingerprint density at radius 3 is 1.23 bits per heavy atom. The zero-order chi connectivity index (χ0) is 108. The van der Waals surface area contributed by atoms with Crippen LogP contribution in [0.25, 0.3) is 33.1 Å². The Morgan fingerprint density at radius 2 is 0.823 bits per heavy atom. The summed E-state index contributed by atoms with van der Waals surface area (Å²) in [4.78, 5) is 101. The molecule has 16 aromatic rings. The average Bonchev–Trinajstić information content (AvgIpc) is 1.59. The molecule has 1 unspecified atom stereocenters. The second-order valence-corrected chi connectivity index (χ2v) is 59.7. The number of benzene rings is 5. The zero-order valence-electron chi connectivity index (χ0n) is 83.8. The molecule has 16 rings (SSSR count). The predicted molar refractivity (Wildman–Crippen MR) is 629 cm³/mol. The number of nitrogens with two attached hydrogens (primary N) is 1. The molecule has 5 aromatic carbocycles. The molecule has 0 saturated heterocycles. The molecule has 780 valence electrons. The summed E-state index contributed by atoms with van der Waals surface area (Å²) in [5.74, 6) is 0. The lowest BCUT2D eigenvalue weighted by atomic mass is 10.1. The first-order chi connectivity index (χ1) is 69.5. The number of halogens is 12. The van der Waals surface area contributed by atoms with E-state index in [4.69, 9.17) is 153 Å². The first-order valence-electron chi connectivity index (χ1n) is 46.4. The van der Waals surface area contributed by atoms with Crippen LogP contribution in [0.2, 0.25) is 88.6 Å². The molecule has 0 spiro atoms. The van der Waals surface area contributed by atoms with Crippen LogP contribution in [0.1, 0.15) is 208 Å². The number of nitrogens with one attached hydrogen (secondary N) is 3. The molecule has 0 aliphatic rings. The maximum atomic E-state index is 13.4. The normalized spacial score (nSPS) is 11.8. The van der Waals surface area contributed by atoms with Crippen molar-refractivity contribution < 1.29 is 38.6 Å². The van der Waals surface area contributed by atoms with Gasteiger partial charge in [0.2, 0.25) is 0 Å². The van der Waals surface area contributed by atoms with Gasteiger partial charge in [-0.1, -0.05) is 317 Å². The Kier molecular flexibility index (Phi) is 45.4. The van der Waals surface area contributed by atoms with Gasteiger partial charge in [-0.2, -0.15) is 0 Å². The Hall–Kier alpha value is -8.26. The van der Waals surface area contributed by atoms with E-state index in [-0.39, 0.29) is 38.6 Å². The largest absolute Gasteiger partial charge is 0.443 e. The minimum Gasteiger partial charge on any atom is -0.443 e. The molecular formula is C104H114Cl11IN16O8S5Si2. The number of aromatic amines is 1. The van der Waals surface area contributed by atoms with E-state index in [1.807, 2.05) is 149 Å². The van der Waals surface area contributed by atoms with Crippen LogP contribution in [-0.4, -0.2) is 117 Å². The number of aliphatic hydroxyl groups excluding tert-OH is 1. The number of amides is 2. The van der Waals surface area contributed by atoms with Gasteiger partial charge >= 0.3 is 12.2 Å². The minimum atomic E-state index is -2.19. The molecule has 11 aromatic heterocycles. The molecule has 11 heterocycles. The maximum absolute atomic E-state index is 13.4. The lowest BCUT2D eigenvalue weighted by Gasteiger charge is -2.44. The Balaban J connectivity index is 0.000000186. The minimum absolute atomic E-state index is 0.0645. The number of carbonyl (C=O) groups excluding carboxylic acids is 5. The van der Waals surface area contributed by atoms with E-state index in [2.05, 4.69) is 184 Å². The molecule has 0 bridgehead atoms. The van der Waals surface area contributed by atoms with Crippen molar-refractivity contribution in [3.05, 3.63) is 317 Å². The Labute approximate surface area is 947 Å². The second kappa shape index (κ2) is 55.3. The highest BCUT2D eigenvalue weighted by atomic mass is 127. The summed E-state index contributed by atoms with van der Waals surface area (Å²) in [6.07, 6.45) is 12.4. The van der Waals surface area contributed by atoms with Crippen molar-refractivity contribution in [3.8, 4) is 0 Å². The molecule has 24 nitrogen and oxygen atoms in total. The number of aromatic nitrogens is 11. The van der Waals surface area contributed by atoms with Crippen molar-refractivity contribution in [2.24, 2.45) is 5.73 Å². The van der Waals surface area contributed by atoms with Gasteiger partial charge < -0.3 is 44.4 Å². The summed E-state index contributed by atoms with van der Waals surface area (Å²) in [6, 6.07) is 49.2. The molecule has 0 radical (unpaired) electrons. The van der Waals surface area contributed by atoms with E-state index in [1.54, 1.807) is 74.7 Å². The van der Waals surface area contributed by atoms with Crippen LogP contribution < -0.4 is 26.2 Å². The lowest BCUT2D eigenvalue weighted by molar-refractivity contribution is 0.0566. The Bertz CT molecular complexity index is 7010. The summed E-state index contributed by atoms with van der Waals surface area (Å²) in [5, 5.41) is 28.3. The smallest absolute Gasteiger partial charge is 0.416 e. The molecule has 0 aliphatic carbocycles. The van der Waals surface area contributed by atoms with Crippen molar-refractivity contribution in [2.45, 2.75) is 214 Å². The van der Waals surface area contributed by atoms with Gasteiger partial charge in [0, 0.05) is 114 Å². The van der Waals surface area contributed by atoms with Crippen LogP contribution in [0.3, 0.4) is 0 Å². The van der Waals surface area contributed by atoms with E-state index in [9.17, 15) is 29.1 Å². The maximum Gasteiger partial charge on any atom is 0.416 e. The van der Waals surface area contributed by atoms with Gasteiger partial charge in [0.15, 0.2) is 75.8 Å². The molecule has 0 fully saturated rings. The highest BCUT2D eigenvalue weighted by Crippen LogP contribution is 2.49. The number of nitrogens with zero attached hydrogens (tertiary/aromatic N) is 12. The van der Waals surface area contributed by atoms with E-state index in [0.29, 0.717) is 126 Å². The topological polar surface area (TPSA) is 309 Å². The van der Waals surface area contributed by atoms with Crippen LogP contribution in [0.5, 0.6) is 0 Å². The fraction of sp³-hybridized carbons (Fsp3) is 0.317. The fourth-order valence-corrected chi connectivity index (χ4v) is 37.7. The summed E-state index contributed by atoms with van der Waals surface area (Å²) < 4.78 is 17.8. The third kappa shape index (κ3) is 32.4. The molecule has 43 heteroatoms. The molecule has 147 heavy (non-hydrogen) atoms. The summed E-state index contributed by atoms with van der Waals surface area (Å²) in [6.45, 7) is 41.2. The average molecular weight is 2450 g/mol. The van der Waals surface area contributed by atoms with Gasteiger partial charge in [-0.25, -0.2) is 59.3 Å². The van der Waals surface area contributed by atoms with Gasteiger partial charge in [0.1, 0.15) is 59.2 Å². The van der Waals surface area contributed by atoms with Crippen molar-refractivity contribution in [2.75, 3.05) is 20.4 Å². The van der Waals surface area contributed by atoms with Gasteiger partial charge in [-0.15, -0.1) is 11.3 Å². The quantitative estimate of drug-likeness (QED) is 0.0173. The Morgan fingerprint density at radius 1 is 0.456 bits per heavy atom. The number of aldehydes is 3. The van der Waals surface area contributed by atoms with Gasteiger partial charge in [0.05, 0.1) is 22.8 Å². The van der Waals surface area contributed by atoms with Crippen LogP contribution in [-0.2, 0) is 48.6 Å². The number of pyridine rings is 3. The number of hydrogen-bond donors (Lipinski definition) is 5. The number of fused-ring (bicyclic) bond motifs is 3. The summed E-state index contributed by atoms with van der Waals surface area (Å²) in [5.41, 5.74) is 17.2. The second-order valence-electron chi connectivity index (χ2n) is 37.4. The number of ether oxygens (including phenoxy) is 2. The number of aliphatic hydroxyl groups is 1. The third-order valence-corrected chi connectivity index (χ3v) is 46.1. The van der Waals surface area contributed by atoms with Crippen molar-refractivity contribution >= 4 is 308 Å². The highest BCUT2D eigenvalue weighted by molar-refractivity contribution is 14.1. The van der Waals surface area contributed by atoms with Gasteiger partial charge in [-0.05, 0) is 228 Å². The van der Waals surface area contributed by atoms with Crippen molar-refractivity contribution in [1.29, 1.82) is 0 Å². The van der Waals surface area contributed by atoms with E-state index >= 15 is 0 Å². The fourth-order valence-electron chi connectivity index (χ4n) is 17.3. The first-order valence-corrected chi connectivity index (χ1v) is 60.1. The molecular weight excluding hydrogens is 2330 g/mol. The van der Waals surface area contributed by atoms with Crippen molar-refractivity contribution in [1.82, 2.24) is 53.3 Å². The molecule has 6 N–H and O–H groups in total. The molecule has 0 aliphatic heterocycles. The number of H-pyrrole nitrogens is 1. The van der Waals surface area contributed by atoms with Crippen LogP contribution >= 0.6 is 207 Å². The van der Waals surface area contributed by atoms with Gasteiger partial charge in [-0.3, -0.25) is 14.4 Å². The summed E-state index contributed by atoms with van der Waals surface area (Å²) >= 11 is 73.4. The first kappa shape index (κ1) is 121. The number of anilines is 4.